The molecule has 0 amide bonds. The highest BCUT2D eigenvalue weighted by Crippen LogP contribution is 2.50. The van der Waals surface area contributed by atoms with E-state index in [1.165, 1.54) is 88.0 Å². The number of pyridine rings is 1. The number of benzene rings is 6. The van der Waals surface area contributed by atoms with E-state index in [0.29, 0.717) is 0 Å². The van der Waals surface area contributed by atoms with Crippen molar-refractivity contribution in [2.24, 2.45) is 0 Å². The van der Waals surface area contributed by atoms with E-state index in [-0.39, 0.29) is 0 Å². The molecule has 0 atom stereocenters. The minimum absolute atomic E-state index is 1.17. The topological polar surface area (TPSA) is 22.8 Å². The Bertz CT molecular complexity index is 2520. The van der Waals surface area contributed by atoms with Gasteiger partial charge >= 0.3 is 0 Å². The molecule has 0 saturated carbocycles. The summed E-state index contributed by atoms with van der Waals surface area (Å²) in [5.74, 6) is 0. The smallest absolute Gasteiger partial charge is 0.0547 e. The van der Waals surface area contributed by atoms with Crippen LogP contribution in [-0.2, 0) is 0 Å². The van der Waals surface area contributed by atoms with Crippen molar-refractivity contribution in [3.05, 3.63) is 140 Å². The Hall–Kier alpha value is -5.67. The first-order valence-electron chi connectivity index (χ1n) is 14.4. The number of hydrogen-bond acceptors (Lipinski definition) is 1. The fraction of sp³-hybridized carbons (Fsp3) is 0. The predicted molar refractivity (Wildman–Crippen MR) is 175 cm³/mol. The molecule has 10 rings (SSSR count). The van der Waals surface area contributed by atoms with Gasteiger partial charge in [0.1, 0.15) is 0 Å². The van der Waals surface area contributed by atoms with Crippen molar-refractivity contribution in [3.63, 3.8) is 0 Å². The summed E-state index contributed by atoms with van der Waals surface area (Å²) < 4.78 is 4.85. The van der Waals surface area contributed by atoms with Gasteiger partial charge in [0.2, 0.25) is 0 Å². The first kappa shape index (κ1) is 22.1. The van der Waals surface area contributed by atoms with Crippen LogP contribution in [0.25, 0.3) is 88.0 Å². The molecule has 0 spiro atoms. The van der Waals surface area contributed by atoms with Crippen LogP contribution in [0.5, 0.6) is 0 Å². The van der Waals surface area contributed by atoms with E-state index >= 15 is 0 Å². The van der Waals surface area contributed by atoms with Crippen LogP contribution in [0.15, 0.2) is 140 Å². The van der Waals surface area contributed by atoms with E-state index in [2.05, 4.69) is 142 Å². The van der Waals surface area contributed by atoms with Gasteiger partial charge in [0.15, 0.2) is 0 Å². The number of nitrogens with zero attached hydrogens (tertiary/aromatic N) is 3. The van der Waals surface area contributed by atoms with Crippen molar-refractivity contribution >= 4 is 54.4 Å². The Morgan fingerprint density at radius 3 is 1.81 bits per heavy atom. The maximum absolute atomic E-state index is 4.64. The molecule has 1 aliphatic carbocycles. The van der Waals surface area contributed by atoms with Crippen LogP contribution in [0.4, 0.5) is 0 Å². The van der Waals surface area contributed by atoms with Crippen molar-refractivity contribution in [1.29, 1.82) is 0 Å². The minimum atomic E-state index is 1.17. The molecule has 1 aliphatic rings. The van der Waals surface area contributed by atoms with Crippen molar-refractivity contribution in [3.8, 4) is 33.6 Å². The highest BCUT2D eigenvalue weighted by atomic mass is 15.0. The van der Waals surface area contributed by atoms with Gasteiger partial charge in [-0.2, -0.15) is 0 Å². The molecule has 194 valence electrons. The highest BCUT2D eigenvalue weighted by molar-refractivity contribution is 6.18. The summed E-state index contributed by atoms with van der Waals surface area (Å²) in [5, 5.41) is 7.53. The maximum atomic E-state index is 4.64. The summed E-state index contributed by atoms with van der Waals surface area (Å²) in [6, 6.07) is 46.4. The van der Waals surface area contributed by atoms with Crippen molar-refractivity contribution in [2.45, 2.75) is 0 Å². The third-order valence-corrected chi connectivity index (χ3v) is 9.12. The summed E-state index contributed by atoms with van der Waals surface area (Å²) >= 11 is 0. The van der Waals surface area contributed by atoms with Gasteiger partial charge < -0.3 is 9.13 Å². The van der Waals surface area contributed by atoms with E-state index in [9.17, 15) is 0 Å². The molecular formula is C39H23N3. The van der Waals surface area contributed by atoms with Gasteiger partial charge in [-0.05, 0) is 53.6 Å². The number of aromatic nitrogens is 3. The molecule has 3 heterocycles. The number of rotatable bonds is 2. The molecule has 0 radical (unpaired) electrons. The van der Waals surface area contributed by atoms with Gasteiger partial charge in [0.25, 0.3) is 0 Å². The average Bonchev–Trinajstić information content (AvgIpc) is 3.68. The average molecular weight is 534 g/mol. The fourth-order valence-electron chi connectivity index (χ4n) is 7.44. The van der Waals surface area contributed by atoms with Gasteiger partial charge in [-0.1, -0.05) is 84.9 Å². The molecule has 0 N–H and O–H groups in total. The maximum Gasteiger partial charge on any atom is 0.0547 e. The normalized spacial score (nSPS) is 12.3. The molecule has 3 heteroatoms. The van der Waals surface area contributed by atoms with E-state index in [4.69, 9.17) is 0 Å². The van der Waals surface area contributed by atoms with Crippen molar-refractivity contribution < 1.29 is 0 Å². The lowest BCUT2D eigenvalue weighted by molar-refractivity contribution is 1.17. The number of fused-ring (bicyclic) bond motifs is 9. The zero-order chi connectivity index (χ0) is 27.4. The summed E-state index contributed by atoms with van der Waals surface area (Å²) in [6.45, 7) is 0. The molecule has 0 fully saturated rings. The van der Waals surface area contributed by atoms with Gasteiger partial charge in [0, 0.05) is 61.5 Å². The Balaban J connectivity index is 1.29. The van der Waals surface area contributed by atoms with Crippen molar-refractivity contribution in [2.75, 3.05) is 0 Å². The molecule has 0 aliphatic heterocycles. The largest absolute Gasteiger partial charge is 0.309 e. The summed E-state index contributed by atoms with van der Waals surface area (Å²) in [4.78, 5) is 4.64. The van der Waals surface area contributed by atoms with Crippen molar-refractivity contribution in [1.82, 2.24) is 14.1 Å². The first-order chi connectivity index (χ1) is 20.9. The number of para-hydroxylation sites is 3. The van der Waals surface area contributed by atoms with Crippen LogP contribution in [-0.4, -0.2) is 14.1 Å². The lowest BCUT2D eigenvalue weighted by Gasteiger charge is -2.14. The second kappa shape index (κ2) is 7.96. The van der Waals surface area contributed by atoms with Gasteiger partial charge in [-0.3, -0.25) is 4.98 Å². The molecule has 3 aromatic heterocycles. The lowest BCUT2D eigenvalue weighted by Crippen LogP contribution is -1.98. The van der Waals surface area contributed by atoms with Crippen LogP contribution in [0.2, 0.25) is 0 Å². The van der Waals surface area contributed by atoms with E-state index in [1.54, 1.807) is 0 Å². The van der Waals surface area contributed by atoms with Gasteiger partial charge in [-0.15, -0.1) is 0 Å². The lowest BCUT2D eigenvalue weighted by atomic mass is 10.0. The van der Waals surface area contributed by atoms with E-state index in [0.717, 1.165) is 0 Å². The second-order valence-corrected chi connectivity index (χ2v) is 11.2. The van der Waals surface area contributed by atoms with Crippen LogP contribution < -0.4 is 0 Å². The first-order valence-corrected chi connectivity index (χ1v) is 14.4. The molecule has 42 heavy (non-hydrogen) atoms. The van der Waals surface area contributed by atoms with Gasteiger partial charge in [0.05, 0.1) is 27.8 Å². The molecule has 0 saturated heterocycles. The fourth-order valence-corrected chi connectivity index (χ4v) is 7.44. The van der Waals surface area contributed by atoms with Gasteiger partial charge in [-0.25, -0.2) is 0 Å². The summed E-state index contributed by atoms with van der Waals surface area (Å²) in [6.07, 6.45) is 4.01. The Morgan fingerprint density at radius 2 is 1.05 bits per heavy atom. The standard InChI is InChI=1S/C39H23N3/c1-4-15-33-26(10-1)27-11-2-5-16-34(27)41(33)25-19-20-36-31(21-25)28-12-3-6-17-35(28)42(36)37-18-8-14-30-29-13-7-9-24-22-40-23-32(38(24)29)39(30)37/h1-23H. The third-order valence-electron chi connectivity index (χ3n) is 9.12. The molecule has 0 unspecified atom stereocenters. The zero-order valence-corrected chi connectivity index (χ0v) is 22.6. The predicted octanol–water partition coefficient (Wildman–Crippen LogP) is 10.1. The quantitative estimate of drug-likeness (QED) is 0.217. The SMILES string of the molecule is c1cc2c(c(-n3c4ccccc4c4cc(-n5c6ccccc6c6ccccc65)ccc43)c1)-c1cncc3cccc-2c13. The minimum Gasteiger partial charge on any atom is -0.309 e. The Kier molecular flexibility index (Phi) is 4.18. The summed E-state index contributed by atoms with van der Waals surface area (Å²) in [7, 11) is 0. The third kappa shape index (κ3) is 2.72. The molecule has 0 bridgehead atoms. The van der Waals surface area contributed by atoms with Crippen LogP contribution in [0.3, 0.4) is 0 Å². The molecule has 9 aromatic rings. The highest BCUT2D eigenvalue weighted by Gasteiger charge is 2.26. The van der Waals surface area contributed by atoms with Crippen LogP contribution in [0.1, 0.15) is 0 Å². The second-order valence-electron chi connectivity index (χ2n) is 11.2. The zero-order valence-electron chi connectivity index (χ0n) is 22.6. The van der Waals surface area contributed by atoms with Crippen LogP contribution >= 0.6 is 0 Å². The number of hydrogen-bond donors (Lipinski definition) is 0. The Labute approximate surface area is 241 Å². The van der Waals surface area contributed by atoms with E-state index < -0.39 is 0 Å². The molecular weight excluding hydrogens is 510 g/mol. The Morgan fingerprint density at radius 1 is 0.429 bits per heavy atom. The summed E-state index contributed by atoms with van der Waals surface area (Å²) in [5.41, 5.74) is 12.2. The molecule has 3 nitrogen and oxygen atoms in total. The van der Waals surface area contributed by atoms with Crippen LogP contribution in [0, 0.1) is 0 Å². The monoisotopic (exact) mass is 533 g/mol. The van der Waals surface area contributed by atoms with E-state index in [1.807, 2.05) is 12.4 Å². The molecule has 6 aromatic carbocycles.